The van der Waals surface area contributed by atoms with E-state index in [0.29, 0.717) is 0 Å². The normalized spacial score (nSPS) is 10.9. The maximum Gasteiger partial charge on any atom is 0.0226 e. The minimum atomic E-state index is 0.928. The summed E-state index contributed by atoms with van der Waals surface area (Å²) >= 11 is 0. The average Bonchev–Trinajstić information content (AvgIpc) is 2.64. The van der Waals surface area contributed by atoms with Gasteiger partial charge in [0, 0.05) is 31.0 Å². The number of benzene rings is 1. The van der Waals surface area contributed by atoms with Gasteiger partial charge >= 0.3 is 0 Å². The van der Waals surface area contributed by atoms with E-state index < -0.39 is 0 Å². The molecule has 0 saturated carbocycles. The third-order valence-corrected chi connectivity index (χ3v) is 3.72. The van der Waals surface area contributed by atoms with Crippen molar-refractivity contribution in [2.75, 3.05) is 0 Å². The third-order valence-electron chi connectivity index (χ3n) is 3.72. The Labute approximate surface area is 116 Å². The molecule has 0 spiro atoms. The number of nitrogens with one attached hydrogen (secondary N) is 1. The summed E-state index contributed by atoms with van der Waals surface area (Å²) in [5, 5.41) is 3.54. The highest BCUT2D eigenvalue weighted by molar-refractivity contribution is 5.27. The van der Waals surface area contributed by atoms with E-state index in [2.05, 4.69) is 67.9 Å². The second-order valence-corrected chi connectivity index (χ2v) is 5.23. The van der Waals surface area contributed by atoms with Crippen LogP contribution >= 0.6 is 0 Å². The molecule has 0 amide bonds. The highest BCUT2D eigenvalue weighted by Crippen LogP contribution is 2.15. The van der Waals surface area contributed by atoms with Crippen LogP contribution in [0.15, 0.2) is 30.3 Å². The fourth-order valence-electron chi connectivity index (χ4n) is 2.70. The van der Waals surface area contributed by atoms with E-state index in [4.69, 9.17) is 0 Å². The lowest BCUT2D eigenvalue weighted by atomic mass is 10.1. The van der Waals surface area contributed by atoms with Crippen molar-refractivity contribution in [2.45, 2.75) is 47.3 Å². The zero-order valence-corrected chi connectivity index (χ0v) is 12.5. The van der Waals surface area contributed by atoms with Crippen molar-refractivity contribution in [1.82, 2.24) is 9.88 Å². The molecule has 0 radical (unpaired) electrons. The molecule has 2 heteroatoms. The van der Waals surface area contributed by atoms with E-state index in [1.165, 1.54) is 28.1 Å². The van der Waals surface area contributed by atoms with Gasteiger partial charge in [0.15, 0.2) is 0 Å². The lowest BCUT2D eigenvalue weighted by Crippen LogP contribution is -2.13. The van der Waals surface area contributed by atoms with Gasteiger partial charge in [0.2, 0.25) is 0 Å². The van der Waals surface area contributed by atoms with Gasteiger partial charge in [0.1, 0.15) is 0 Å². The molecular weight excluding hydrogens is 232 g/mol. The Morgan fingerprint density at radius 2 is 1.84 bits per heavy atom. The standard InChI is InChI=1S/C17H24N2/c1-5-19-14(3)10-17(15(19)4)12-18-11-16-8-6-7-13(2)9-16/h6-10,18H,5,11-12H2,1-4H3. The number of aromatic nitrogens is 1. The van der Waals surface area contributed by atoms with Crippen molar-refractivity contribution < 1.29 is 0 Å². The van der Waals surface area contributed by atoms with Gasteiger partial charge in [-0.15, -0.1) is 0 Å². The van der Waals surface area contributed by atoms with Gasteiger partial charge in [-0.25, -0.2) is 0 Å². The molecule has 0 aliphatic heterocycles. The molecule has 1 N–H and O–H groups in total. The highest BCUT2D eigenvalue weighted by Gasteiger charge is 2.06. The van der Waals surface area contributed by atoms with Crippen LogP contribution in [-0.4, -0.2) is 4.57 Å². The lowest BCUT2D eigenvalue weighted by Gasteiger charge is -2.08. The van der Waals surface area contributed by atoms with Crippen LogP contribution in [0.1, 0.15) is 35.0 Å². The summed E-state index contributed by atoms with van der Waals surface area (Å²) in [7, 11) is 0. The fraction of sp³-hybridized carbons (Fsp3) is 0.412. The van der Waals surface area contributed by atoms with Crippen LogP contribution in [0.3, 0.4) is 0 Å². The summed E-state index contributed by atoms with van der Waals surface area (Å²) in [6, 6.07) is 11.0. The van der Waals surface area contributed by atoms with Crippen LogP contribution in [0.25, 0.3) is 0 Å². The molecule has 2 nitrogen and oxygen atoms in total. The molecule has 0 aliphatic rings. The predicted molar refractivity (Wildman–Crippen MR) is 81.3 cm³/mol. The summed E-state index contributed by atoms with van der Waals surface area (Å²) in [6.07, 6.45) is 0. The van der Waals surface area contributed by atoms with Crippen LogP contribution in [0.5, 0.6) is 0 Å². The molecule has 0 bridgehead atoms. The first kappa shape index (κ1) is 13.9. The molecule has 1 aromatic carbocycles. The molecule has 19 heavy (non-hydrogen) atoms. The van der Waals surface area contributed by atoms with E-state index in [-0.39, 0.29) is 0 Å². The first-order valence-electron chi connectivity index (χ1n) is 7.03. The van der Waals surface area contributed by atoms with Crippen molar-refractivity contribution in [3.63, 3.8) is 0 Å². The molecule has 0 saturated heterocycles. The van der Waals surface area contributed by atoms with E-state index in [1.807, 2.05) is 0 Å². The van der Waals surface area contributed by atoms with Gasteiger partial charge < -0.3 is 9.88 Å². The van der Waals surface area contributed by atoms with Crippen LogP contribution in [-0.2, 0) is 19.6 Å². The monoisotopic (exact) mass is 256 g/mol. The molecule has 2 aromatic rings. The number of rotatable bonds is 5. The second kappa shape index (κ2) is 6.07. The Morgan fingerprint density at radius 1 is 1.05 bits per heavy atom. The summed E-state index contributed by atoms with van der Waals surface area (Å²) in [5.74, 6) is 0. The van der Waals surface area contributed by atoms with Gasteiger partial charge in [-0.1, -0.05) is 29.8 Å². The molecule has 102 valence electrons. The number of nitrogens with zero attached hydrogens (tertiary/aromatic N) is 1. The zero-order chi connectivity index (χ0) is 13.8. The maximum atomic E-state index is 3.54. The first-order chi connectivity index (χ1) is 9.11. The first-order valence-corrected chi connectivity index (χ1v) is 7.03. The van der Waals surface area contributed by atoms with Gasteiger partial charge in [0.05, 0.1) is 0 Å². The fourth-order valence-corrected chi connectivity index (χ4v) is 2.70. The lowest BCUT2D eigenvalue weighted by molar-refractivity contribution is 0.675. The van der Waals surface area contributed by atoms with Crippen molar-refractivity contribution in [3.05, 3.63) is 58.4 Å². The highest BCUT2D eigenvalue weighted by atomic mass is 15.0. The minimum absolute atomic E-state index is 0.928. The number of hydrogen-bond acceptors (Lipinski definition) is 1. The quantitative estimate of drug-likeness (QED) is 0.862. The molecule has 0 unspecified atom stereocenters. The maximum absolute atomic E-state index is 3.54. The molecule has 2 rings (SSSR count). The van der Waals surface area contributed by atoms with Gasteiger partial charge in [-0.2, -0.15) is 0 Å². The van der Waals surface area contributed by atoms with E-state index >= 15 is 0 Å². The second-order valence-electron chi connectivity index (χ2n) is 5.23. The summed E-state index contributed by atoms with van der Waals surface area (Å²) in [5.41, 5.74) is 6.82. The van der Waals surface area contributed by atoms with Crippen molar-refractivity contribution in [2.24, 2.45) is 0 Å². The largest absolute Gasteiger partial charge is 0.349 e. The molecule has 0 aliphatic carbocycles. The van der Waals surface area contributed by atoms with E-state index in [9.17, 15) is 0 Å². The van der Waals surface area contributed by atoms with Crippen LogP contribution < -0.4 is 5.32 Å². The Balaban J connectivity index is 1.96. The van der Waals surface area contributed by atoms with E-state index in [1.54, 1.807) is 0 Å². The van der Waals surface area contributed by atoms with Gasteiger partial charge in [0.25, 0.3) is 0 Å². The molecule has 0 fully saturated rings. The molecule has 1 aromatic heterocycles. The van der Waals surface area contributed by atoms with Crippen LogP contribution in [0.2, 0.25) is 0 Å². The molecular formula is C17H24N2. The van der Waals surface area contributed by atoms with Gasteiger partial charge in [-0.3, -0.25) is 0 Å². The summed E-state index contributed by atoms with van der Waals surface area (Å²) < 4.78 is 2.36. The molecule has 1 heterocycles. The topological polar surface area (TPSA) is 17.0 Å². The minimum Gasteiger partial charge on any atom is -0.349 e. The smallest absolute Gasteiger partial charge is 0.0226 e. The molecule has 0 atom stereocenters. The van der Waals surface area contributed by atoms with Crippen molar-refractivity contribution in [3.8, 4) is 0 Å². The SMILES string of the molecule is CCn1c(C)cc(CNCc2cccc(C)c2)c1C. The number of aryl methyl sites for hydroxylation is 2. The number of hydrogen-bond donors (Lipinski definition) is 1. The average molecular weight is 256 g/mol. The van der Waals surface area contributed by atoms with Crippen molar-refractivity contribution in [1.29, 1.82) is 0 Å². The van der Waals surface area contributed by atoms with Crippen molar-refractivity contribution >= 4 is 0 Å². The Kier molecular flexibility index (Phi) is 4.43. The zero-order valence-electron chi connectivity index (χ0n) is 12.5. The van der Waals surface area contributed by atoms with Crippen LogP contribution in [0.4, 0.5) is 0 Å². The van der Waals surface area contributed by atoms with Crippen LogP contribution in [0, 0.1) is 20.8 Å². The van der Waals surface area contributed by atoms with E-state index in [0.717, 1.165) is 19.6 Å². The Bertz CT molecular complexity index is 552. The third kappa shape index (κ3) is 3.27. The Hall–Kier alpha value is -1.54. The van der Waals surface area contributed by atoms with Gasteiger partial charge in [-0.05, 0) is 44.9 Å². The predicted octanol–water partition coefficient (Wildman–Crippen LogP) is 3.72. The summed E-state index contributed by atoms with van der Waals surface area (Å²) in [6.45, 7) is 11.6. The Morgan fingerprint density at radius 3 is 2.47 bits per heavy atom. The summed E-state index contributed by atoms with van der Waals surface area (Å²) in [4.78, 5) is 0.